The highest BCUT2D eigenvalue weighted by Crippen LogP contribution is 2.46. The van der Waals surface area contributed by atoms with Gasteiger partial charge in [0.1, 0.15) is 5.58 Å². The maximum Gasteiger partial charge on any atom is 0.303 e. The highest BCUT2D eigenvalue weighted by Gasteiger charge is 2.37. The van der Waals surface area contributed by atoms with E-state index in [-0.39, 0.29) is 37.5 Å². The molecule has 1 aromatic heterocycles. The first-order chi connectivity index (χ1) is 16.7. The molecule has 10 heteroatoms. The van der Waals surface area contributed by atoms with Crippen LogP contribution >= 0.6 is 0 Å². The highest BCUT2D eigenvalue weighted by molar-refractivity contribution is 6.10. The Labute approximate surface area is 199 Å². The number of hydrogen-bond acceptors (Lipinski definition) is 7. The Morgan fingerprint density at radius 1 is 1.14 bits per heavy atom. The summed E-state index contributed by atoms with van der Waals surface area (Å²) in [6, 6.07) is 9.59. The quantitative estimate of drug-likeness (QED) is 0.289. The van der Waals surface area contributed by atoms with Crippen molar-refractivity contribution in [1.82, 2.24) is 0 Å². The number of hydrogen-bond donors (Lipinski definition) is 2. The molecule has 2 N–H and O–H groups in total. The van der Waals surface area contributed by atoms with Gasteiger partial charge in [0.25, 0.3) is 5.69 Å². The molecule has 0 bridgehead atoms. The van der Waals surface area contributed by atoms with E-state index in [1.807, 2.05) is 0 Å². The van der Waals surface area contributed by atoms with Gasteiger partial charge in [-0.05, 0) is 56.2 Å². The summed E-state index contributed by atoms with van der Waals surface area (Å²) in [4.78, 5) is 33.7. The smallest absolute Gasteiger partial charge is 0.303 e. The summed E-state index contributed by atoms with van der Waals surface area (Å²) in [6.45, 7) is 0. The fourth-order valence-corrected chi connectivity index (χ4v) is 4.84. The molecular formula is C25H24N2O8. The molecule has 0 radical (unpaired) electrons. The molecule has 4 rings (SSSR count). The van der Waals surface area contributed by atoms with Crippen molar-refractivity contribution in [3.63, 3.8) is 0 Å². The van der Waals surface area contributed by atoms with Gasteiger partial charge in [-0.1, -0.05) is 6.07 Å². The van der Waals surface area contributed by atoms with Gasteiger partial charge < -0.3 is 19.4 Å². The Morgan fingerprint density at radius 3 is 2.37 bits per heavy atom. The largest absolute Gasteiger partial charge is 0.486 e. The van der Waals surface area contributed by atoms with Crippen LogP contribution in [0.2, 0.25) is 0 Å². The number of benzene rings is 2. The number of rotatable bonds is 10. The molecule has 182 valence electrons. The molecular weight excluding hydrogens is 456 g/mol. The van der Waals surface area contributed by atoms with E-state index in [0.717, 1.165) is 25.7 Å². The van der Waals surface area contributed by atoms with Crippen LogP contribution in [-0.2, 0) is 15.0 Å². The number of carbonyl (C=O) groups is 2. The van der Waals surface area contributed by atoms with Crippen molar-refractivity contribution in [2.45, 2.75) is 62.9 Å². The third-order valence-electron chi connectivity index (χ3n) is 6.63. The lowest BCUT2D eigenvalue weighted by atomic mass is 9.73. The van der Waals surface area contributed by atoms with E-state index < -0.39 is 22.3 Å². The fraction of sp³-hybridized carbons (Fsp3) is 0.400. The summed E-state index contributed by atoms with van der Waals surface area (Å²) in [5.41, 5.74) is -0.627. The van der Waals surface area contributed by atoms with Gasteiger partial charge in [0.05, 0.1) is 22.5 Å². The Hall–Kier alpha value is -4.13. The van der Waals surface area contributed by atoms with Crippen LogP contribution in [0.25, 0.3) is 21.9 Å². The van der Waals surface area contributed by atoms with Crippen LogP contribution in [0.3, 0.4) is 0 Å². The van der Waals surface area contributed by atoms with Gasteiger partial charge in [0.2, 0.25) is 0 Å². The fourth-order valence-electron chi connectivity index (χ4n) is 4.84. The average Bonchev–Trinajstić information content (AvgIpc) is 3.47. The number of carboxylic acid groups (broad SMARTS) is 2. The van der Waals surface area contributed by atoms with Gasteiger partial charge in [-0.15, -0.1) is 0 Å². The van der Waals surface area contributed by atoms with Crippen LogP contribution < -0.4 is 4.74 Å². The van der Waals surface area contributed by atoms with Crippen LogP contribution in [0.15, 0.2) is 34.7 Å². The van der Waals surface area contributed by atoms with Crippen molar-refractivity contribution < 1.29 is 33.9 Å². The molecule has 0 aliphatic heterocycles. The normalized spacial score (nSPS) is 14.3. The molecule has 0 unspecified atom stereocenters. The third-order valence-corrected chi connectivity index (χ3v) is 6.63. The second-order valence-electron chi connectivity index (χ2n) is 8.86. The minimum absolute atomic E-state index is 0.00802. The van der Waals surface area contributed by atoms with E-state index >= 15 is 0 Å². The van der Waals surface area contributed by atoms with E-state index in [9.17, 15) is 35.2 Å². The molecule has 0 saturated heterocycles. The zero-order valence-electron chi connectivity index (χ0n) is 18.9. The van der Waals surface area contributed by atoms with Crippen LogP contribution in [0.4, 0.5) is 5.69 Å². The van der Waals surface area contributed by atoms with Crippen LogP contribution in [-0.4, -0.2) is 33.2 Å². The minimum Gasteiger partial charge on any atom is -0.486 e. The number of fused-ring (bicyclic) bond motifs is 3. The molecule has 1 saturated carbocycles. The van der Waals surface area contributed by atoms with Crippen molar-refractivity contribution in [3.8, 4) is 11.8 Å². The number of nitriles is 1. The monoisotopic (exact) mass is 480 g/mol. The Bertz CT molecular complexity index is 1330. The number of ether oxygens (including phenoxy) is 1. The first-order valence-electron chi connectivity index (χ1n) is 11.4. The molecule has 0 amide bonds. The molecule has 35 heavy (non-hydrogen) atoms. The predicted molar refractivity (Wildman–Crippen MR) is 124 cm³/mol. The van der Waals surface area contributed by atoms with Gasteiger partial charge >= 0.3 is 11.9 Å². The van der Waals surface area contributed by atoms with E-state index in [1.165, 1.54) is 18.2 Å². The topological polar surface area (TPSA) is 164 Å². The van der Waals surface area contributed by atoms with Gasteiger partial charge in [-0.2, -0.15) is 5.26 Å². The Morgan fingerprint density at radius 2 is 1.80 bits per heavy atom. The lowest BCUT2D eigenvalue weighted by molar-refractivity contribution is -0.384. The number of furan rings is 1. The highest BCUT2D eigenvalue weighted by atomic mass is 16.6. The van der Waals surface area contributed by atoms with Crippen molar-refractivity contribution in [1.29, 1.82) is 5.26 Å². The average molecular weight is 480 g/mol. The van der Waals surface area contributed by atoms with Crippen LogP contribution in [0.5, 0.6) is 5.75 Å². The first-order valence-corrected chi connectivity index (χ1v) is 11.4. The lowest BCUT2D eigenvalue weighted by Gasteiger charge is -2.27. The summed E-state index contributed by atoms with van der Waals surface area (Å²) < 4.78 is 12.3. The number of non-ortho nitro benzene ring substituents is 1. The van der Waals surface area contributed by atoms with Crippen molar-refractivity contribution in [2.24, 2.45) is 0 Å². The second kappa shape index (κ2) is 9.62. The number of nitro benzene ring substituents is 1. The SMILES string of the molecule is N#CC(CCC(=O)O)(CCC(=O)O)c1ccc(OC2CCCC2)c2oc3ccc([N+](=O)[O-])cc3c12. The standard InChI is InChI=1S/C25H24N2O8/c26-14-25(11-9-21(28)29,12-10-22(30)31)18-6-8-20(34-16-3-1-2-4-16)24-23(18)17-13-15(27(32)33)5-7-19(17)35-24/h5-8,13,16H,1-4,9-12H2,(H,28,29)(H,30,31). The molecule has 0 spiro atoms. The van der Waals surface area contributed by atoms with Gasteiger partial charge in [0, 0.05) is 35.7 Å². The Kier molecular flexibility index (Phi) is 6.60. The van der Waals surface area contributed by atoms with E-state index in [4.69, 9.17) is 9.15 Å². The molecule has 1 aliphatic carbocycles. The van der Waals surface area contributed by atoms with E-state index in [0.29, 0.717) is 33.3 Å². The maximum absolute atomic E-state index is 11.5. The molecule has 1 heterocycles. The zero-order valence-corrected chi connectivity index (χ0v) is 18.9. The lowest BCUT2D eigenvalue weighted by Crippen LogP contribution is -2.27. The minimum atomic E-state index is -1.47. The van der Waals surface area contributed by atoms with Crippen molar-refractivity contribution >= 4 is 39.6 Å². The van der Waals surface area contributed by atoms with Gasteiger partial charge in [-0.3, -0.25) is 19.7 Å². The maximum atomic E-state index is 11.5. The number of aliphatic carboxylic acids is 2. The van der Waals surface area contributed by atoms with Gasteiger partial charge in [-0.25, -0.2) is 0 Å². The number of carboxylic acids is 2. The zero-order chi connectivity index (χ0) is 25.2. The summed E-state index contributed by atoms with van der Waals surface area (Å²) in [5, 5.41) is 41.1. The first kappa shape index (κ1) is 24.0. The molecule has 1 aliphatic rings. The summed E-state index contributed by atoms with van der Waals surface area (Å²) in [5.74, 6) is -1.81. The molecule has 10 nitrogen and oxygen atoms in total. The van der Waals surface area contributed by atoms with Gasteiger partial charge in [0.15, 0.2) is 11.3 Å². The van der Waals surface area contributed by atoms with Crippen LogP contribution in [0, 0.1) is 21.4 Å². The van der Waals surface area contributed by atoms with Crippen LogP contribution in [0.1, 0.15) is 56.9 Å². The molecule has 0 atom stereocenters. The van der Waals surface area contributed by atoms with Crippen molar-refractivity contribution in [3.05, 3.63) is 46.0 Å². The summed E-state index contributed by atoms with van der Waals surface area (Å²) in [6.07, 6.45) is 2.86. The summed E-state index contributed by atoms with van der Waals surface area (Å²) in [7, 11) is 0. The van der Waals surface area contributed by atoms with E-state index in [2.05, 4.69) is 6.07 Å². The predicted octanol–water partition coefficient (Wildman–Crippen LogP) is 5.31. The van der Waals surface area contributed by atoms with E-state index in [1.54, 1.807) is 12.1 Å². The summed E-state index contributed by atoms with van der Waals surface area (Å²) >= 11 is 0. The molecule has 2 aromatic carbocycles. The molecule has 3 aromatic rings. The second-order valence-corrected chi connectivity index (χ2v) is 8.86. The number of nitrogens with zero attached hydrogens (tertiary/aromatic N) is 2. The Balaban J connectivity index is 1.98. The number of nitro groups is 1. The molecule has 1 fully saturated rings. The third kappa shape index (κ3) is 4.75. The van der Waals surface area contributed by atoms with Crippen molar-refractivity contribution in [2.75, 3.05) is 0 Å².